The van der Waals surface area contributed by atoms with Crippen LogP contribution in [0.1, 0.15) is 66.9 Å². The van der Waals surface area contributed by atoms with Gasteiger partial charge >= 0.3 is 5.97 Å². The van der Waals surface area contributed by atoms with Crippen LogP contribution in [0.2, 0.25) is 0 Å². The number of carboxylic acids is 1. The topological polar surface area (TPSA) is 116 Å². The van der Waals surface area contributed by atoms with Gasteiger partial charge in [-0.1, -0.05) is 38.0 Å². The molecule has 0 fully saturated rings. The molecule has 0 spiro atoms. The molecule has 2 atom stereocenters. The minimum Gasteiger partial charge on any atom is -0.497 e. The number of carbonyl (C=O) groups excluding carboxylic acids is 1. The molecule has 3 aromatic rings. The summed E-state index contributed by atoms with van der Waals surface area (Å²) in [6.07, 6.45) is 3.79. The Hall–Kier alpha value is -4.27. The van der Waals surface area contributed by atoms with Crippen LogP contribution in [0.25, 0.3) is 0 Å². The molecule has 1 amide bonds. The van der Waals surface area contributed by atoms with E-state index >= 15 is 0 Å². The molecule has 0 unspecified atom stereocenters. The van der Waals surface area contributed by atoms with E-state index in [-0.39, 0.29) is 18.8 Å². The number of pyridine rings is 1. The molecule has 0 saturated carbocycles. The van der Waals surface area contributed by atoms with E-state index in [2.05, 4.69) is 5.32 Å². The predicted molar refractivity (Wildman–Crippen MR) is 146 cm³/mol. The van der Waals surface area contributed by atoms with Crippen LogP contribution < -0.4 is 25.1 Å². The maximum Gasteiger partial charge on any atom is 0.305 e. The van der Waals surface area contributed by atoms with Crippen LogP contribution in [0.3, 0.4) is 0 Å². The standard InChI is InChI=1S/C30H34N2O7/c1-4-5-6-25(29(35)31-24(16-28(33)34)21-9-12-26-27(15-21)39-18-38-26)32-17-19(2)13-22(30(32)36)14-20-7-10-23(37-3)11-8-20/h7-13,15,17,24-25H,4-6,14,16,18H2,1-3H3,(H,31,35)(H,33,34)/t24-,25+/m0/s1. The second-order valence-electron chi connectivity index (χ2n) is 9.71. The number of aliphatic carboxylic acids is 1. The summed E-state index contributed by atoms with van der Waals surface area (Å²) in [5.41, 5.74) is 2.72. The Bertz CT molecular complexity index is 1380. The molecule has 1 aliphatic heterocycles. The summed E-state index contributed by atoms with van der Waals surface area (Å²) in [7, 11) is 1.60. The van der Waals surface area contributed by atoms with Crippen LogP contribution in [0.5, 0.6) is 17.2 Å². The third-order valence-electron chi connectivity index (χ3n) is 6.77. The van der Waals surface area contributed by atoms with E-state index in [1.165, 1.54) is 4.57 Å². The largest absolute Gasteiger partial charge is 0.497 e. The predicted octanol–water partition coefficient (Wildman–Crippen LogP) is 4.55. The number of hydrogen-bond donors (Lipinski definition) is 2. The third kappa shape index (κ3) is 6.79. The molecule has 0 bridgehead atoms. The van der Waals surface area contributed by atoms with Crippen molar-refractivity contribution in [1.82, 2.24) is 9.88 Å². The fourth-order valence-electron chi connectivity index (χ4n) is 4.76. The van der Waals surface area contributed by atoms with Gasteiger partial charge in [-0.3, -0.25) is 14.4 Å². The fourth-order valence-corrected chi connectivity index (χ4v) is 4.76. The SMILES string of the molecule is CCCC[C@H](C(=O)N[C@@H](CC(=O)O)c1ccc2c(c1)OCO2)n1cc(C)cc(Cc2ccc(OC)cc2)c1=O. The monoisotopic (exact) mass is 534 g/mol. The van der Waals surface area contributed by atoms with Crippen LogP contribution in [-0.2, 0) is 16.0 Å². The summed E-state index contributed by atoms with van der Waals surface area (Å²) in [6, 6.07) is 12.9. The molecular weight excluding hydrogens is 500 g/mol. The van der Waals surface area contributed by atoms with Crippen molar-refractivity contribution in [3.63, 3.8) is 0 Å². The summed E-state index contributed by atoms with van der Waals surface area (Å²) in [5, 5.41) is 12.5. The highest BCUT2D eigenvalue weighted by molar-refractivity contribution is 5.81. The molecule has 9 heteroatoms. The molecule has 0 saturated heterocycles. The van der Waals surface area contributed by atoms with Gasteiger partial charge in [0.2, 0.25) is 12.7 Å². The van der Waals surface area contributed by atoms with Gasteiger partial charge in [-0.2, -0.15) is 0 Å². The van der Waals surface area contributed by atoms with Crippen molar-refractivity contribution in [3.05, 3.63) is 87.3 Å². The Labute approximate surface area is 227 Å². The van der Waals surface area contributed by atoms with Crippen LogP contribution in [-0.4, -0.2) is 35.5 Å². The maximum atomic E-state index is 13.7. The quantitative estimate of drug-likeness (QED) is 0.350. The van der Waals surface area contributed by atoms with Gasteiger partial charge < -0.3 is 29.2 Å². The molecule has 2 aromatic carbocycles. The Morgan fingerprint density at radius 2 is 1.85 bits per heavy atom. The number of carbonyl (C=O) groups is 2. The van der Waals surface area contributed by atoms with E-state index in [0.717, 1.165) is 29.7 Å². The Balaban J connectivity index is 1.64. The Morgan fingerprint density at radius 1 is 1.10 bits per heavy atom. The fraction of sp³-hybridized carbons (Fsp3) is 0.367. The number of nitrogens with one attached hydrogen (secondary N) is 1. The molecule has 2 heterocycles. The number of hydrogen-bond acceptors (Lipinski definition) is 6. The first-order valence-electron chi connectivity index (χ1n) is 13.0. The molecule has 2 N–H and O–H groups in total. The van der Waals surface area contributed by atoms with Gasteiger partial charge in [0.05, 0.1) is 19.6 Å². The summed E-state index contributed by atoms with van der Waals surface area (Å²) in [5.74, 6) is 0.330. The highest BCUT2D eigenvalue weighted by Gasteiger charge is 2.27. The first-order chi connectivity index (χ1) is 18.8. The number of aryl methyl sites for hydroxylation is 1. The third-order valence-corrected chi connectivity index (χ3v) is 6.77. The van der Waals surface area contributed by atoms with Crippen molar-refractivity contribution in [2.45, 2.75) is 58.0 Å². The molecule has 0 aliphatic carbocycles. The molecule has 9 nitrogen and oxygen atoms in total. The zero-order valence-electron chi connectivity index (χ0n) is 22.4. The minimum absolute atomic E-state index is 0.0863. The van der Waals surface area contributed by atoms with Gasteiger partial charge in [0, 0.05) is 18.2 Å². The van der Waals surface area contributed by atoms with Gasteiger partial charge in [0.1, 0.15) is 11.8 Å². The van der Waals surface area contributed by atoms with Crippen LogP contribution >= 0.6 is 0 Å². The number of fused-ring (bicyclic) bond motifs is 1. The number of aromatic nitrogens is 1. The summed E-state index contributed by atoms with van der Waals surface area (Å²) >= 11 is 0. The van der Waals surface area contributed by atoms with Gasteiger partial charge in [0.25, 0.3) is 5.56 Å². The molecule has 39 heavy (non-hydrogen) atoms. The molecule has 1 aromatic heterocycles. The van der Waals surface area contributed by atoms with Crippen molar-refractivity contribution >= 4 is 11.9 Å². The highest BCUT2D eigenvalue weighted by atomic mass is 16.7. The van der Waals surface area contributed by atoms with Crippen LogP contribution in [0, 0.1) is 6.92 Å². The second-order valence-corrected chi connectivity index (χ2v) is 9.71. The second kappa shape index (κ2) is 12.5. The van der Waals surface area contributed by atoms with E-state index in [0.29, 0.717) is 35.5 Å². The lowest BCUT2D eigenvalue weighted by atomic mass is 10.0. The number of carboxylic acid groups (broad SMARTS) is 1. The van der Waals surface area contributed by atoms with E-state index in [1.807, 2.05) is 44.2 Å². The molecular formula is C30H34N2O7. The smallest absolute Gasteiger partial charge is 0.305 e. The molecule has 4 rings (SSSR count). The molecule has 0 radical (unpaired) electrons. The Kier molecular flexibility index (Phi) is 8.91. The van der Waals surface area contributed by atoms with Crippen molar-refractivity contribution in [2.24, 2.45) is 0 Å². The molecule has 206 valence electrons. The van der Waals surface area contributed by atoms with Crippen LogP contribution in [0.15, 0.2) is 59.5 Å². The van der Waals surface area contributed by atoms with Gasteiger partial charge in [-0.05, 0) is 60.4 Å². The summed E-state index contributed by atoms with van der Waals surface area (Å²) in [4.78, 5) is 39.1. The average Bonchev–Trinajstić information content (AvgIpc) is 3.39. The van der Waals surface area contributed by atoms with E-state index in [4.69, 9.17) is 14.2 Å². The first-order valence-corrected chi connectivity index (χ1v) is 13.0. The number of rotatable bonds is 12. The van der Waals surface area contributed by atoms with Crippen molar-refractivity contribution in [3.8, 4) is 17.2 Å². The number of ether oxygens (including phenoxy) is 3. The lowest BCUT2D eigenvalue weighted by Gasteiger charge is -2.25. The van der Waals surface area contributed by atoms with E-state index < -0.39 is 24.0 Å². The van der Waals surface area contributed by atoms with Gasteiger partial charge in [-0.15, -0.1) is 0 Å². The summed E-state index contributed by atoms with van der Waals surface area (Å²) in [6.45, 7) is 3.99. The Morgan fingerprint density at radius 3 is 2.54 bits per heavy atom. The average molecular weight is 535 g/mol. The summed E-state index contributed by atoms with van der Waals surface area (Å²) < 4.78 is 17.5. The lowest BCUT2D eigenvalue weighted by molar-refractivity contribution is -0.138. The van der Waals surface area contributed by atoms with Crippen molar-refractivity contribution in [1.29, 1.82) is 0 Å². The normalized spacial score (nSPS) is 13.5. The van der Waals surface area contributed by atoms with Gasteiger partial charge in [0.15, 0.2) is 11.5 Å². The number of methoxy groups -OCH3 is 1. The zero-order chi connectivity index (χ0) is 27.9. The minimum atomic E-state index is -1.06. The van der Waals surface area contributed by atoms with Gasteiger partial charge in [-0.25, -0.2) is 0 Å². The van der Waals surface area contributed by atoms with Crippen molar-refractivity contribution in [2.75, 3.05) is 13.9 Å². The number of unbranched alkanes of at least 4 members (excludes halogenated alkanes) is 1. The lowest BCUT2D eigenvalue weighted by Crippen LogP contribution is -2.40. The zero-order valence-corrected chi connectivity index (χ0v) is 22.4. The maximum absolute atomic E-state index is 13.7. The van der Waals surface area contributed by atoms with Crippen LogP contribution in [0.4, 0.5) is 0 Å². The highest BCUT2D eigenvalue weighted by Crippen LogP contribution is 2.35. The van der Waals surface area contributed by atoms with Crippen molar-refractivity contribution < 1.29 is 28.9 Å². The van der Waals surface area contributed by atoms with E-state index in [1.54, 1.807) is 31.5 Å². The first kappa shape index (κ1) is 27.8. The molecule has 1 aliphatic rings. The number of nitrogens with zero attached hydrogens (tertiary/aromatic N) is 1. The number of amides is 1. The number of benzene rings is 2. The van der Waals surface area contributed by atoms with E-state index in [9.17, 15) is 19.5 Å².